The highest BCUT2D eigenvalue weighted by atomic mass is 32.2. The Morgan fingerprint density at radius 3 is 2.53 bits per heavy atom. The fourth-order valence-corrected chi connectivity index (χ4v) is 2.14. The van der Waals surface area contributed by atoms with Gasteiger partial charge < -0.3 is 11.1 Å². The van der Waals surface area contributed by atoms with Crippen LogP contribution in [0.3, 0.4) is 0 Å². The van der Waals surface area contributed by atoms with Gasteiger partial charge in [0, 0.05) is 5.75 Å². The number of hydrogen-bond acceptors (Lipinski definition) is 4. The summed E-state index contributed by atoms with van der Waals surface area (Å²) in [5.74, 6) is -0.629. The lowest BCUT2D eigenvalue weighted by Crippen LogP contribution is -2.33. The molecular weight excluding hydrogens is 240 g/mol. The van der Waals surface area contributed by atoms with E-state index in [4.69, 9.17) is 5.73 Å². The number of carbonyl (C=O) groups is 1. The number of amides is 1. The lowest BCUT2D eigenvalue weighted by molar-refractivity contribution is -0.115. The van der Waals surface area contributed by atoms with Crippen LogP contribution >= 0.6 is 0 Å². The zero-order valence-electron chi connectivity index (χ0n) is 9.80. The van der Waals surface area contributed by atoms with Gasteiger partial charge in [-0.05, 0) is 19.1 Å². The third kappa shape index (κ3) is 3.20. The Hall–Kier alpha value is -1.56. The fraction of sp³-hybridized carbons (Fsp3) is 0.364. The number of anilines is 2. The molecule has 0 heterocycles. The zero-order chi connectivity index (χ0) is 13.1. The summed E-state index contributed by atoms with van der Waals surface area (Å²) < 4.78 is 23.0. The second kappa shape index (κ2) is 5.18. The van der Waals surface area contributed by atoms with E-state index < -0.39 is 21.0 Å². The van der Waals surface area contributed by atoms with Gasteiger partial charge in [0.05, 0.1) is 11.4 Å². The number of para-hydroxylation sites is 2. The number of benzene rings is 1. The molecule has 1 rings (SSSR count). The van der Waals surface area contributed by atoms with Crippen molar-refractivity contribution >= 4 is 27.1 Å². The Morgan fingerprint density at radius 1 is 1.41 bits per heavy atom. The molecule has 0 bridgehead atoms. The summed E-state index contributed by atoms with van der Waals surface area (Å²) in [5.41, 5.74) is 6.48. The number of nitrogens with two attached hydrogens (primary N) is 1. The summed E-state index contributed by atoms with van der Waals surface area (Å²) in [6.45, 7) is 2.88. The minimum absolute atomic E-state index is 0.0636. The Balaban J connectivity index is 2.84. The zero-order valence-corrected chi connectivity index (χ0v) is 10.6. The topological polar surface area (TPSA) is 89.3 Å². The van der Waals surface area contributed by atoms with Crippen molar-refractivity contribution in [1.29, 1.82) is 0 Å². The van der Waals surface area contributed by atoms with Crippen LogP contribution in [0.5, 0.6) is 0 Å². The Bertz CT molecular complexity index is 511. The molecule has 0 aromatic heterocycles. The van der Waals surface area contributed by atoms with Crippen molar-refractivity contribution in [3.8, 4) is 0 Å². The fourth-order valence-electron chi connectivity index (χ4n) is 1.26. The Labute approximate surface area is 101 Å². The predicted octanol–water partition coefficient (Wildman–Crippen LogP) is 1.03. The summed E-state index contributed by atoms with van der Waals surface area (Å²) >= 11 is 0. The van der Waals surface area contributed by atoms with E-state index >= 15 is 0 Å². The lowest BCUT2D eigenvalue weighted by atomic mass is 10.2. The number of sulfone groups is 1. The van der Waals surface area contributed by atoms with Gasteiger partial charge in [-0.1, -0.05) is 19.1 Å². The number of nitrogens with one attached hydrogen (secondary N) is 1. The molecule has 17 heavy (non-hydrogen) atoms. The van der Waals surface area contributed by atoms with E-state index in [2.05, 4.69) is 5.32 Å². The molecule has 0 saturated heterocycles. The SMILES string of the molecule is CCS(=O)(=O)C(C)C(=O)Nc1ccccc1N. The molecule has 0 spiro atoms. The number of hydrogen-bond donors (Lipinski definition) is 2. The van der Waals surface area contributed by atoms with Crippen molar-refractivity contribution in [2.75, 3.05) is 16.8 Å². The van der Waals surface area contributed by atoms with E-state index in [1.54, 1.807) is 24.3 Å². The molecule has 6 heteroatoms. The summed E-state index contributed by atoms with van der Waals surface area (Å²) in [7, 11) is -3.38. The van der Waals surface area contributed by atoms with E-state index in [-0.39, 0.29) is 5.75 Å². The first-order valence-corrected chi connectivity index (χ1v) is 6.97. The molecule has 0 aliphatic rings. The lowest BCUT2D eigenvalue weighted by Gasteiger charge is -2.13. The average molecular weight is 256 g/mol. The molecule has 5 nitrogen and oxygen atoms in total. The molecule has 0 aliphatic carbocycles. The molecule has 1 amide bonds. The van der Waals surface area contributed by atoms with Gasteiger partial charge in [-0.15, -0.1) is 0 Å². The number of nitrogen functional groups attached to an aromatic ring is 1. The molecule has 3 N–H and O–H groups in total. The van der Waals surface area contributed by atoms with Crippen LogP contribution in [-0.2, 0) is 14.6 Å². The summed E-state index contributed by atoms with van der Waals surface area (Å²) in [6, 6.07) is 6.70. The highest BCUT2D eigenvalue weighted by Gasteiger charge is 2.26. The van der Waals surface area contributed by atoms with Gasteiger partial charge in [-0.3, -0.25) is 4.79 Å². The van der Waals surface area contributed by atoms with E-state index in [0.29, 0.717) is 11.4 Å². The van der Waals surface area contributed by atoms with Crippen molar-refractivity contribution in [3.05, 3.63) is 24.3 Å². The minimum Gasteiger partial charge on any atom is -0.397 e. The summed E-state index contributed by atoms with van der Waals surface area (Å²) in [4.78, 5) is 11.7. The first-order chi connectivity index (χ1) is 7.88. The van der Waals surface area contributed by atoms with Crippen LogP contribution in [0.25, 0.3) is 0 Å². The van der Waals surface area contributed by atoms with E-state index in [9.17, 15) is 13.2 Å². The van der Waals surface area contributed by atoms with Gasteiger partial charge in [0.2, 0.25) is 5.91 Å². The van der Waals surface area contributed by atoms with Crippen LogP contribution in [0.2, 0.25) is 0 Å². The average Bonchev–Trinajstić information content (AvgIpc) is 2.31. The minimum atomic E-state index is -3.38. The van der Waals surface area contributed by atoms with Gasteiger partial charge in [0.25, 0.3) is 0 Å². The van der Waals surface area contributed by atoms with Gasteiger partial charge in [0.1, 0.15) is 5.25 Å². The van der Waals surface area contributed by atoms with Crippen LogP contribution in [0.4, 0.5) is 11.4 Å². The van der Waals surface area contributed by atoms with Crippen LogP contribution in [0.15, 0.2) is 24.3 Å². The third-order valence-corrected chi connectivity index (χ3v) is 4.63. The maximum Gasteiger partial charge on any atom is 0.242 e. The van der Waals surface area contributed by atoms with Gasteiger partial charge >= 0.3 is 0 Å². The first kappa shape index (κ1) is 13.5. The second-order valence-corrected chi connectivity index (χ2v) is 6.28. The number of carbonyl (C=O) groups excluding carboxylic acids is 1. The molecule has 0 fully saturated rings. The molecule has 94 valence electrons. The van der Waals surface area contributed by atoms with E-state index in [1.165, 1.54) is 13.8 Å². The van der Waals surface area contributed by atoms with Gasteiger partial charge in [0.15, 0.2) is 9.84 Å². The summed E-state index contributed by atoms with van der Waals surface area (Å²) in [5, 5.41) is 1.43. The molecule has 1 atom stereocenters. The molecule has 1 aromatic rings. The van der Waals surface area contributed by atoms with Crippen molar-refractivity contribution in [1.82, 2.24) is 0 Å². The maximum atomic E-state index is 11.7. The first-order valence-electron chi connectivity index (χ1n) is 5.25. The predicted molar refractivity (Wildman–Crippen MR) is 68.4 cm³/mol. The van der Waals surface area contributed by atoms with E-state index in [1.807, 2.05) is 0 Å². The Morgan fingerprint density at radius 2 is 2.00 bits per heavy atom. The second-order valence-electron chi connectivity index (χ2n) is 3.67. The molecule has 0 saturated carbocycles. The molecule has 0 aliphatic heterocycles. The van der Waals surface area contributed by atoms with Crippen LogP contribution in [-0.4, -0.2) is 25.3 Å². The normalized spacial score (nSPS) is 13.1. The standard InChI is InChI=1S/C11H16N2O3S/c1-3-17(15,16)8(2)11(14)13-10-7-5-4-6-9(10)12/h4-8H,3,12H2,1-2H3,(H,13,14). The highest BCUT2D eigenvalue weighted by molar-refractivity contribution is 7.92. The van der Waals surface area contributed by atoms with Gasteiger partial charge in [-0.2, -0.15) is 0 Å². The molecule has 1 unspecified atom stereocenters. The smallest absolute Gasteiger partial charge is 0.242 e. The molecule has 1 aromatic carbocycles. The summed E-state index contributed by atoms with van der Waals surface area (Å²) in [6.07, 6.45) is 0. The number of rotatable bonds is 4. The van der Waals surface area contributed by atoms with Crippen molar-refractivity contribution in [2.45, 2.75) is 19.1 Å². The highest BCUT2D eigenvalue weighted by Crippen LogP contribution is 2.17. The van der Waals surface area contributed by atoms with Crippen molar-refractivity contribution < 1.29 is 13.2 Å². The monoisotopic (exact) mass is 256 g/mol. The van der Waals surface area contributed by atoms with Gasteiger partial charge in [-0.25, -0.2) is 8.42 Å². The Kier molecular flexibility index (Phi) is 4.11. The third-order valence-electron chi connectivity index (χ3n) is 2.53. The largest absolute Gasteiger partial charge is 0.397 e. The molecule has 0 radical (unpaired) electrons. The molecular formula is C11H16N2O3S. The van der Waals surface area contributed by atoms with Crippen molar-refractivity contribution in [2.24, 2.45) is 0 Å². The maximum absolute atomic E-state index is 11.7. The van der Waals surface area contributed by atoms with Crippen LogP contribution < -0.4 is 11.1 Å². The van der Waals surface area contributed by atoms with Crippen LogP contribution in [0, 0.1) is 0 Å². The quantitative estimate of drug-likeness (QED) is 0.787. The van der Waals surface area contributed by atoms with Crippen LogP contribution in [0.1, 0.15) is 13.8 Å². The van der Waals surface area contributed by atoms with Crippen molar-refractivity contribution in [3.63, 3.8) is 0 Å². The van der Waals surface area contributed by atoms with E-state index in [0.717, 1.165) is 0 Å².